The zero-order valence-corrected chi connectivity index (χ0v) is 27.1. The molecule has 0 bridgehead atoms. The van der Waals surface area contributed by atoms with E-state index in [1.165, 1.54) is 10.8 Å². The molecule has 0 saturated carbocycles. The molecule has 10 nitrogen and oxygen atoms in total. The average Bonchev–Trinajstić information content (AvgIpc) is 3.99. The van der Waals surface area contributed by atoms with E-state index in [-0.39, 0.29) is 0 Å². The molecule has 0 fully saturated rings. The Morgan fingerprint density at radius 3 is 1.73 bits per heavy atom. The van der Waals surface area contributed by atoms with Crippen LogP contribution in [0.15, 0.2) is 153 Å². The van der Waals surface area contributed by atoms with Crippen molar-refractivity contribution in [3.05, 3.63) is 140 Å². The van der Waals surface area contributed by atoms with Crippen LogP contribution in [0.1, 0.15) is 0 Å². The number of rotatable bonds is 5. The van der Waals surface area contributed by atoms with Crippen molar-refractivity contribution in [2.75, 3.05) is 4.90 Å². The standard InChI is InChI=1S/C42H23N7O3/c1-2-9-26-22-29-23-28(16-15-27(29)21-25(26)8-1)31-17-19-36(41-38(31)44-51-47-41)49(35-14-6-13-34-40(35)46-50-43-34)37-20-18-33(39-42(37)48-52-45-39)32-12-5-10-24-7-3-4-11-30(24)32/h1-23H. The first kappa shape index (κ1) is 28.4. The van der Waals surface area contributed by atoms with Crippen molar-refractivity contribution in [1.29, 1.82) is 0 Å². The first-order chi connectivity index (χ1) is 25.8. The molecule has 0 saturated heterocycles. The molecule has 52 heavy (non-hydrogen) atoms. The van der Waals surface area contributed by atoms with Crippen molar-refractivity contribution in [3.8, 4) is 22.3 Å². The van der Waals surface area contributed by atoms with Crippen LogP contribution in [-0.2, 0) is 0 Å². The Balaban J connectivity index is 1.13. The van der Waals surface area contributed by atoms with E-state index >= 15 is 0 Å². The molecule has 0 amide bonds. The van der Waals surface area contributed by atoms with Crippen LogP contribution in [0.4, 0.5) is 17.1 Å². The molecular formula is C42H23N7O3. The average molecular weight is 674 g/mol. The first-order valence-corrected chi connectivity index (χ1v) is 16.7. The molecule has 10 heteroatoms. The van der Waals surface area contributed by atoms with Gasteiger partial charge < -0.3 is 4.90 Å². The third kappa shape index (κ3) is 4.24. The highest BCUT2D eigenvalue weighted by atomic mass is 16.6. The molecule has 0 aliphatic heterocycles. The van der Waals surface area contributed by atoms with E-state index in [0.717, 1.165) is 43.8 Å². The van der Waals surface area contributed by atoms with Gasteiger partial charge in [0.25, 0.3) is 0 Å². The summed E-state index contributed by atoms with van der Waals surface area (Å²) < 4.78 is 16.2. The SMILES string of the molecule is c1ccc2cc3cc(-c4ccc(N(c5cccc6nonc56)c5ccc(-c6cccc7ccccc67)c6nonc56)c5nonc45)ccc3cc2c1. The van der Waals surface area contributed by atoms with Crippen LogP contribution in [0.3, 0.4) is 0 Å². The number of hydrogen-bond acceptors (Lipinski definition) is 10. The fraction of sp³-hybridized carbons (Fsp3) is 0. The molecule has 8 aromatic carbocycles. The normalized spacial score (nSPS) is 11.8. The highest BCUT2D eigenvalue weighted by molar-refractivity contribution is 6.11. The molecule has 244 valence electrons. The second kappa shape index (κ2) is 11.0. The van der Waals surface area contributed by atoms with Gasteiger partial charge in [-0.3, -0.25) is 0 Å². The van der Waals surface area contributed by atoms with Gasteiger partial charge in [0.15, 0.2) is 16.6 Å². The summed E-state index contributed by atoms with van der Waals surface area (Å²) in [5, 5.41) is 33.1. The van der Waals surface area contributed by atoms with Gasteiger partial charge in [0.2, 0.25) is 0 Å². The minimum Gasteiger partial charge on any atom is -0.303 e. The Hall–Kier alpha value is -7.46. The fourth-order valence-electron chi connectivity index (χ4n) is 7.45. The molecule has 0 aliphatic rings. The number of fused-ring (bicyclic) bond motifs is 6. The summed E-state index contributed by atoms with van der Waals surface area (Å²) in [6.45, 7) is 0. The quantitative estimate of drug-likeness (QED) is 0.163. The van der Waals surface area contributed by atoms with E-state index in [2.05, 4.69) is 110 Å². The van der Waals surface area contributed by atoms with Crippen molar-refractivity contribution in [2.24, 2.45) is 0 Å². The van der Waals surface area contributed by atoms with E-state index in [4.69, 9.17) is 13.9 Å². The predicted octanol–water partition coefficient (Wildman–Crippen LogP) is 10.6. The molecule has 0 radical (unpaired) electrons. The number of hydrogen-bond donors (Lipinski definition) is 0. The maximum atomic E-state index is 5.48. The van der Waals surface area contributed by atoms with Gasteiger partial charge >= 0.3 is 0 Å². The number of aromatic nitrogens is 6. The topological polar surface area (TPSA) is 120 Å². The van der Waals surface area contributed by atoms with E-state index < -0.39 is 0 Å². The number of benzene rings is 8. The van der Waals surface area contributed by atoms with E-state index in [1.54, 1.807) is 0 Å². The van der Waals surface area contributed by atoms with Gasteiger partial charge in [-0.25, -0.2) is 13.9 Å². The van der Waals surface area contributed by atoms with Crippen LogP contribution in [0, 0.1) is 0 Å². The Kier molecular flexibility index (Phi) is 6.02. The lowest BCUT2D eigenvalue weighted by atomic mass is 9.96. The first-order valence-electron chi connectivity index (χ1n) is 16.7. The van der Waals surface area contributed by atoms with Crippen LogP contribution in [0.5, 0.6) is 0 Å². The lowest BCUT2D eigenvalue weighted by molar-refractivity contribution is 0.315. The van der Waals surface area contributed by atoms with Gasteiger partial charge in [-0.05, 0) is 129 Å². The van der Waals surface area contributed by atoms with Gasteiger partial charge in [0.1, 0.15) is 16.6 Å². The summed E-state index contributed by atoms with van der Waals surface area (Å²) in [6.07, 6.45) is 0. The van der Waals surface area contributed by atoms with Crippen LogP contribution >= 0.6 is 0 Å². The Morgan fingerprint density at radius 2 is 0.923 bits per heavy atom. The smallest absolute Gasteiger partial charge is 0.159 e. The summed E-state index contributed by atoms with van der Waals surface area (Å²) in [4.78, 5) is 2.01. The van der Waals surface area contributed by atoms with Crippen LogP contribution in [0.2, 0.25) is 0 Å². The lowest BCUT2D eigenvalue weighted by Gasteiger charge is -2.25. The summed E-state index contributed by atoms with van der Waals surface area (Å²) in [5.74, 6) is 0. The molecule has 3 heterocycles. The monoisotopic (exact) mass is 673 g/mol. The zero-order valence-electron chi connectivity index (χ0n) is 27.1. The van der Waals surface area contributed by atoms with Crippen molar-refractivity contribution in [2.45, 2.75) is 0 Å². The minimum absolute atomic E-state index is 0.548. The number of anilines is 3. The van der Waals surface area contributed by atoms with E-state index in [9.17, 15) is 0 Å². The molecule has 11 rings (SSSR count). The summed E-state index contributed by atoms with van der Waals surface area (Å²) in [5.41, 5.74) is 9.32. The maximum Gasteiger partial charge on any atom is 0.159 e. The van der Waals surface area contributed by atoms with Crippen molar-refractivity contribution >= 4 is 82.5 Å². The van der Waals surface area contributed by atoms with Crippen molar-refractivity contribution < 1.29 is 13.9 Å². The van der Waals surface area contributed by atoms with Crippen LogP contribution < -0.4 is 4.90 Å². The molecular weight excluding hydrogens is 651 g/mol. The maximum absolute atomic E-state index is 5.48. The summed E-state index contributed by atoms with van der Waals surface area (Å²) in [7, 11) is 0. The Labute approximate surface area is 293 Å². The fourth-order valence-corrected chi connectivity index (χ4v) is 7.45. The molecule has 0 aliphatic carbocycles. The highest BCUT2D eigenvalue weighted by Crippen LogP contribution is 2.46. The third-order valence-corrected chi connectivity index (χ3v) is 9.87. The summed E-state index contributed by atoms with van der Waals surface area (Å²) in [6, 6.07) is 47.6. The van der Waals surface area contributed by atoms with E-state index in [1.807, 2.05) is 65.6 Å². The Bertz CT molecular complexity index is 3180. The summed E-state index contributed by atoms with van der Waals surface area (Å²) >= 11 is 0. The van der Waals surface area contributed by atoms with Gasteiger partial charge in [0.05, 0.1) is 17.1 Å². The van der Waals surface area contributed by atoms with Gasteiger partial charge in [0, 0.05) is 11.1 Å². The molecule has 0 N–H and O–H groups in total. The van der Waals surface area contributed by atoms with Crippen LogP contribution in [0.25, 0.3) is 87.7 Å². The highest BCUT2D eigenvalue weighted by Gasteiger charge is 2.27. The minimum atomic E-state index is 0.548. The second-order valence-electron chi connectivity index (χ2n) is 12.7. The number of nitrogens with zero attached hydrogens (tertiary/aromatic N) is 7. The zero-order chi connectivity index (χ0) is 34.2. The third-order valence-electron chi connectivity index (χ3n) is 9.87. The molecule has 3 aromatic heterocycles. The predicted molar refractivity (Wildman–Crippen MR) is 201 cm³/mol. The second-order valence-corrected chi connectivity index (χ2v) is 12.7. The van der Waals surface area contributed by atoms with Gasteiger partial charge in [-0.2, -0.15) is 0 Å². The molecule has 0 spiro atoms. The van der Waals surface area contributed by atoms with Crippen molar-refractivity contribution in [3.63, 3.8) is 0 Å². The molecule has 0 atom stereocenters. The molecule has 0 unspecified atom stereocenters. The van der Waals surface area contributed by atoms with Gasteiger partial charge in [-0.15, -0.1) is 0 Å². The largest absolute Gasteiger partial charge is 0.303 e. The van der Waals surface area contributed by atoms with E-state index in [0.29, 0.717) is 50.2 Å². The van der Waals surface area contributed by atoms with Crippen molar-refractivity contribution in [1.82, 2.24) is 30.9 Å². The van der Waals surface area contributed by atoms with Gasteiger partial charge in [-0.1, -0.05) is 84.9 Å². The van der Waals surface area contributed by atoms with Crippen LogP contribution in [-0.4, -0.2) is 30.9 Å². The molecule has 11 aromatic rings. The Morgan fingerprint density at radius 1 is 0.346 bits per heavy atom. The lowest BCUT2D eigenvalue weighted by Crippen LogP contribution is -2.12.